The zero-order chi connectivity index (χ0) is 18.4. The molecule has 0 aliphatic carbocycles. The number of aromatic nitrogens is 2. The Morgan fingerprint density at radius 1 is 1.28 bits per heavy atom. The van der Waals surface area contributed by atoms with Gasteiger partial charge in [0.15, 0.2) is 0 Å². The van der Waals surface area contributed by atoms with Crippen molar-refractivity contribution in [2.24, 2.45) is 5.41 Å². The first-order chi connectivity index (χ1) is 11.8. The predicted molar refractivity (Wildman–Crippen MR) is 98.6 cm³/mol. The van der Waals surface area contributed by atoms with Crippen LogP contribution in [0.2, 0.25) is 0 Å². The summed E-state index contributed by atoms with van der Waals surface area (Å²) in [5, 5.41) is 19.5. The number of hydrogen-bond acceptors (Lipinski definition) is 3. The zero-order valence-corrected chi connectivity index (χ0v) is 15.4. The molecule has 1 heterocycles. The van der Waals surface area contributed by atoms with Crippen LogP contribution in [0.5, 0.6) is 0 Å². The van der Waals surface area contributed by atoms with Crippen LogP contribution in [0.15, 0.2) is 42.7 Å². The maximum absolute atomic E-state index is 12.2. The summed E-state index contributed by atoms with van der Waals surface area (Å²) < 4.78 is 1.78. The van der Waals surface area contributed by atoms with Gasteiger partial charge in [0.1, 0.15) is 0 Å². The maximum atomic E-state index is 12.2. The van der Waals surface area contributed by atoms with Gasteiger partial charge in [-0.3, -0.25) is 0 Å². The van der Waals surface area contributed by atoms with E-state index in [1.165, 1.54) is 0 Å². The first kappa shape index (κ1) is 19.0. The van der Waals surface area contributed by atoms with Crippen molar-refractivity contribution in [3.8, 4) is 5.69 Å². The number of carbonyl (C=O) groups is 1. The van der Waals surface area contributed by atoms with E-state index in [9.17, 15) is 9.90 Å². The van der Waals surface area contributed by atoms with Crippen LogP contribution in [0.4, 0.5) is 4.79 Å². The predicted octanol–water partition coefficient (Wildman–Crippen LogP) is 3.03. The van der Waals surface area contributed by atoms with Gasteiger partial charge in [-0.2, -0.15) is 5.10 Å². The summed E-state index contributed by atoms with van der Waals surface area (Å²) in [6, 6.07) is 9.04. The largest absolute Gasteiger partial charge is 0.394 e. The van der Waals surface area contributed by atoms with Crippen molar-refractivity contribution >= 4 is 6.03 Å². The lowest BCUT2D eigenvalue weighted by Gasteiger charge is -2.26. The molecule has 0 spiro atoms. The molecule has 0 aliphatic heterocycles. The third-order valence-electron chi connectivity index (χ3n) is 3.90. The summed E-state index contributed by atoms with van der Waals surface area (Å²) in [6.07, 6.45) is 4.31. The van der Waals surface area contributed by atoms with Crippen molar-refractivity contribution in [3.63, 3.8) is 0 Å². The van der Waals surface area contributed by atoms with Gasteiger partial charge in [-0.05, 0) is 42.5 Å². The summed E-state index contributed by atoms with van der Waals surface area (Å²) in [6.45, 7) is 8.10. The molecule has 6 heteroatoms. The van der Waals surface area contributed by atoms with Crippen molar-refractivity contribution in [2.45, 2.75) is 46.2 Å². The molecule has 0 saturated heterocycles. The maximum Gasteiger partial charge on any atom is 0.315 e. The molecular weight excluding hydrogens is 316 g/mol. The number of nitrogens with one attached hydrogen (secondary N) is 2. The van der Waals surface area contributed by atoms with Gasteiger partial charge in [0.05, 0.1) is 24.4 Å². The topological polar surface area (TPSA) is 79.2 Å². The standard InChI is InChI=1S/C19H28N4O2/c1-14(21-18(25)22-16(13-24)12-19(2,3)4)15-7-5-8-17(11-15)23-10-6-9-20-23/h5-11,14,16,24H,12-13H2,1-4H3,(H2,21,22,25). The Balaban J connectivity index is 1.98. The monoisotopic (exact) mass is 344 g/mol. The fraction of sp³-hybridized carbons (Fsp3) is 0.474. The van der Waals surface area contributed by atoms with Gasteiger partial charge in [0, 0.05) is 12.4 Å². The molecule has 6 nitrogen and oxygen atoms in total. The molecule has 0 aliphatic rings. The van der Waals surface area contributed by atoms with Crippen LogP contribution >= 0.6 is 0 Å². The lowest BCUT2D eigenvalue weighted by Crippen LogP contribution is -2.46. The summed E-state index contributed by atoms with van der Waals surface area (Å²) in [7, 11) is 0. The second-order valence-electron chi connectivity index (χ2n) is 7.53. The molecule has 0 fully saturated rings. The van der Waals surface area contributed by atoms with Crippen LogP contribution < -0.4 is 10.6 Å². The minimum atomic E-state index is -0.278. The van der Waals surface area contributed by atoms with Crippen LogP contribution in [-0.2, 0) is 0 Å². The normalized spacial score (nSPS) is 14.0. The van der Waals surface area contributed by atoms with Crippen LogP contribution in [0.1, 0.15) is 45.7 Å². The van der Waals surface area contributed by atoms with Gasteiger partial charge in [-0.25, -0.2) is 9.48 Å². The van der Waals surface area contributed by atoms with E-state index in [0.29, 0.717) is 6.42 Å². The Kier molecular flexibility index (Phi) is 6.20. The smallest absolute Gasteiger partial charge is 0.315 e. The summed E-state index contributed by atoms with van der Waals surface area (Å²) in [4.78, 5) is 12.2. The SMILES string of the molecule is CC(NC(=O)NC(CO)CC(C)(C)C)c1cccc(-n2cccn2)c1. The molecule has 0 bridgehead atoms. The second-order valence-corrected chi connectivity index (χ2v) is 7.53. The second kappa shape index (κ2) is 8.16. The molecule has 2 atom stereocenters. The van der Waals surface area contributed by atoms with E-state index < -0.39 is 0 Å². The minimum Gasteiger partial charge on any atom is -0.394 e. The van der Waals surface area contributed by atoms with Crippen molar-refractivity contribution in [1.29, 1.82) is 0 Å². The van der Waals surface area contributed by atoms with Gasteiger partial charge in [0.25, 0.3) is 0 Å². The van der Waals surface area contributed by atoms with Crippen LogP contribution in [0, 0.1) is 5.41 Å². The minimum absolute atomic E-state index is 0.0321. The highest BCUT2D eigenvalue weighted by atomic mass is 16.3. The quantitative estimate of drug-likeness (QED) is 0.753. The highest BCUT2D eigenvalue weighted by Crippen LogP contribution is 2.21. The molecule has 136 valence electrons. The van der Waals surface area contributed by atoms with E-state index in [2.05, 4.69) is 36.5 Å². The van der Waals surface area contributed by atoms with E-state index in [-0.39, 0.29) is 30.1 Å². The molecule has 2 aromatic rings. The van der Waals surface area contributed by atoms with Gasteiger partial charge in [0.2, 0.25) is 0 Å². The third kappa shape index (κ3) is 5.90. The van der Waals surface area contributed by atoms with E-state index in [0.717, 1.165) is 11.3 Å². The van der Waals surface area contributed by atoms with Crippen LogP contribution in [-0.4, -0.2) is 33.6 Å². The van der Waals surface area contributed by atoms with Crippen molar-refractivity contribution < 1.29 is 9.90 Å². The summed E-state index contributed by atoms with van der Waals surface area (Å²) in [5.41, 5.74) is 1.96. The molecule has 2 amide bonds. The summed E-state index contributed by atoms with van der Waals surface area (Å²) in [5.74, 6) is 0. The number of urea groups is 1. The molecule has 2 unspecified atom stereocenters. The van der Waals surface area contributed by atoms with Crippen LogP contribution in [0.25, 0.3) is 5.69 Å². The molecule has 1 aromatic heterocycles. The first-order valence-electron chi connectivity index (χ1n) is 8.56. The third-order valence-corrected chi connectivity index (χ3v) is 3.90. The Bertz CT molecular complexity index is 677. The number of carbonyl (C=O) groups excluding carboxylic acids is 1. The van der Waals surface area contributed by atoms with Gasteiger partial charge >= 0.3 is 6.03 Å². The summed E-state index contributed by atoms with van der Waals surface area (Å²) >= 11 is 0. The van der Waals surface area contributed by atoms with Gasteiger partial charge in [-0.1, -0.05) is 32.9 Å². The van der Waals surface area contributed by atoms with E-state index in [1.54, 1.807) is 10.9 Å². The number of benzene rings is 1. The molecule has 0 radical (unpaired) electrons. The number of hydrogen-bond donors (Lipinski definition) is 3. The van der Waals surface area contributed by atoms with Gasteiger partial charge < -0.3 is 15.7 Å². The Labute approximate surface area is 149 Å². The average Bonchev–Trinajstić information content (AvgIpc) is 3.07. The first-order valence-corrected chi connectivity index (χ1v) is 8.56. The molecule has 3 N–H and O–H groups in total. The highest BCUT2D eigenvalue weighted by molar-refractivity contribution is 5.74. The Hall–Kier alpha value is -2.34. The van der Waals surface area contributed by atoms with E-state index in [4.69, 9.17) is 0 Å². The fourth-order valence-corrected chi connectivity index (χ4v) is 2.77. The molecule has 1 aromatic carbocycles. The molecule has 25 heavy (non-hydrogen) atoms. The van der Waals surface area contributed by atoms with Crippen molar-refractivity contribution in [2.75, 3.05) is 6.61 Å². The molecule has 2 rings (SSSR count). The number of aliphatic hydroxyl groups excluding tert-OH is 1. The lowest BCUT2D eigenvalue weighted by atomic mass is 9.88. The lowest BCUT2D eigenvalue weighted by molar-refractivity contribution is 0.189. The van der Waals surface area contributed by atoms with E-state index >= 15 is 0 Å². The Morgan fingerprint density at radius 2 is 2.04 bits per heavy atom. The number of aliphatic hydroxyl groups is 1. The van der Waals surface area contributed by atoms with E-state index in [1.807, 2.05) is 43.5 Å². The number of amides is 2. The highest BCUT2D eigenvalue weighted by Gasteiger charge is 2.20. The van der Waals surface area contributed by atoms with Crippen molar-refractivity contribution in [1.82, 2.24) is 20.4 Å². The molecular formula is C19H28N4O2. The Morgan fingerprint density at radius 3 is 2.64 bits per heavy atom. The number of nitrogens with zero attached hydrogens (tertiary/aromatic N) is 2. The molecule has 0 saturated carbocycles. The fourth-order valence-electron chi connectivity index (χ4n) is 2.77. The van der Waals surface area contributed by atoms with Gasteiger partial charge in [-0.15, -0.1) is 0 Å². The van der Waals surface area contributed by atoms with Crippen molar-refractivity contribution in [3.05, 3.63) is 48.3 Å². The zero-order valence-electron chi connectivity index (χ0n) is 15.4. The average molecular weight is 344 g/mol. The number of rotatable bonds is 6. The van der Waals surface area contributed by atoms with Crippen LogP contribution in [0.3, 0.4) is 0 Å².